The second-order valence-corrected chi connectivity index (χ2v) is 3.43. The third-order valence-corrected chi connectivity index (χ3v) is 2.01. The van der Waals surface area contributed by atoms with Crippen LogP contribution in [0.1, 0.15) is 0 Å². The number of hydrogen-bond donors (Lipinski definition) is 1. The van der Waals surface area contributed by atoms with E-state index in [0.717, 1.165) is 0 Å². The van der Waals surface area contributed by atoms with Crippen LogP contribution in [0.5, 0.6) is 0 Å². The summed E-state index contributed by atoms with van der Waals surface area (Å²) >= 11 is 0. The molecule has 122 valence electrons. The van der Waals surface area contributed by atoms with Gasteiger partial charge in [0.2, 0.25) is 0 Å². The van der Waals surface area contributed by atoms with Gasteiger partial charge in [0.05, 0.1) is 0 Å². The zero-order valence-electron chi connectivity index (χ0n) is 8.49. The number of alkyl halides is 13. The molecule has 1 atom stereocenters. The van der Waals surface area contributed by atoms with E-state index >= 15 is 0 Å². The first-order chi connectivity index (χ1) is 8.25. The van der Waals surface area contributed by atoms with Gasteiger partial charge in [-0.25, -0.2) is 4.39 Å². The normalized spacial score (nSPS) is 18.9. The van der Waals surface area contributed by atoms with Crippen LogP contribution in [0.2, 0.25) is 0 Å². The summed E-state index contributed by atoms with van der Waals surface area (Å²) in [6.45, 7) is 0. The molecule has 0 fully saturated rings. The van der Waals surface area contributed by atoms with Crippen LogP contribution < -0.4 is 5.73 Å². The van der Waals surface area contributed by atoms with Crippen molar-refractivity contribution in [2.24, 2.45) is 5.73 Å². The second-order valence-electron chi connectivity index (χ2n) is 3.43. The van der Waals surface area contributed by atoms with Crippen LogP contribution in [0.25, 0.3) is 0 Å². The predicted octanol–water partition coefficient (Wildman–Crippen LogP) is 3.64. The molecule has 0 heterocycles. The van der Waals surface area contributed by atoms with Gasteiger partial charge in [-0.2, -0.15) is 52.7 Å². The molecule has 1 unspecified atom stereocenters. The molecule has 0 saturated carbocycles. The van der Waals surface area contributed by atoms with Crippen molar-refractivity contribution in [3.05, 3.63) is 0 Å². The van der Waals surface area contributed by atoms with Crippen LogP contribution in [0.4, 0.5) is 57.1 Å². The van der Waals surface area contributed by atoms with E-state index in [-0.39, 0.29) is 0 Å². The van der Waals surface area contributed by atoms with Crippen molar-refractivity contribution in [3.8, 4) is 0 Å². The summed E-state index contributed by atoms with van der Waals surface area (Å²) in [5.41, 5.74) is 3.18. The molecule has 0 aliphatic heterocycles. The summed E-state index contributed by atoms with van der Waals surface area (Å²) in [7, 11) is 0. The Morgan fingerprint density at radius 1 is 0.400 bits per heavy atom. The Bertz CT molecular complexity index is 324. The largest absolute Gasteiger partial charge is 0.460 e. The molecule has 20 heavy (non-hydrogen) atoms. The molecule has 0 aliphatic carbocycles. The Kier molecular flexibility index (Phi) is 4.07. The Hall–Kier alpha value is -0.950. The smallest absolute Gasteiger partial charge is 0.286 e. The molecular weight excluding hydrogens is 333 g/mol. The maximum atomic E-state index is 12.6. The summed E-state index contributed by atoms with van der Waals surface area (Å²) in [4.78, 5) is 0. The Morgan fingerprint density at radius 2 is 0.700 bits per heavy atom. The van der Waals surface area contributed by atoms with Crippen molar-refractivity contribution >= 4 is 0 Å². The summed E-state index contributed by atoms with van der Waals surface area (Å²) in [6, 6.07) is 0. The van der Waals surface area contributed by atoms with Gasteiger partial charge in [-0.1, -0.05) is 0 Å². The van der Waals surface area contributed by atoms with Gasteiger partial charge in [0.25, 0.3) is 0 Å². The minimum Gasteiger partial charge on any atom is -0.286 e. The fourth-order valence-electron chi connectivity index (χ4n) is 0.782. The van der Waals surface area contributed by atoms with Crippen LogP contribution in [0.3, 0.4) is 0 Å². The average Bonchev–Trinajstić information content (AvgIpc) is 2.12. The highest BCUT2D eigenvalue weighted by atomic mass is 19.4. The minimum absolute atomic E-state index is 3.18. The fraction of sp³-hybridized carbons (Fsp3) is 1.00. The summed E-state index contributed by atoms with van der Waals surface area (Å²) < 4.78 is 157. The lowest BCUT2D eigenvalue weighted by atomic mass is 9.95. The van der Waals surface area contributed by atoms with Crippen LogP contribution in [0.15, 0.2) is 0 Å². The third kappa shape index (κ3) is 2.26. The van der Waals surface area contributed by atoms with Crippen molar-refractivity contribution in [1.29, 1.82) is 0 Å². The van der Waals surface area contributed by atoms with Gasteiger partial charge in [0.15, 0.2) is 0 Å². The molecular formula is C6H2F13N. The quantitative estimate of drug-likeness (QED) is 0.619. The van der Waals surface area contributed by atoms with Gasteiger partial charge >= 0.3 is 35.9 Å². The Morgan fingerprint density at radius 3 is 0.900 bits per heavy atom. The fourth-order valence-corrected chi connectivity index (χ4v) is 0.782. The molecule has 0 aromatic carbocycles. The van der Waals surface area contributed by atoms with Crippen molar-refractivity contribution in [3.63, 3.8) is 0 Å². The minimum atomic E-state index is -7.79. The third-order valence-electron chi connectivity index (χ3n) is 2.01. The van der Waals surface area contributed by atoms with Gasteiger partial charge in [-0.3, -0.25) is 5.73 Å². The lowest BCUT2D eigenvalue weighted by Gasteiger charge is -2.39. The molecule has 0 aromatic heterocycles. The molecule has 0 spiro atoms. The number of rotatable bonds is 3. The molecule has 0 aliphatic rings. The maximum Gasteiger partial charge on any atom is 0.460 e. The van der Waals surface area contributed by atoms with Crippen LogP contribution in [0, 0.1) is 0 Å². The highest BCUT2D eigenvalue weighted by Gasteiger charge is 2.89. The van der Waals surface area contributed by atoms with Crippen LogP contribution in [-0.2, 0) is 0 Å². The highest BCUT2D eigenvalue weighted by Crippen LogP contribution is 2.58. The zero-order chi connectivity index (χ0) is 17.0. The van der Waals surface area contributed by atoms with E-state index in [0.29, 0.717) is 0 Å². The molecule has 0 aromatic rings. The molecule has 0 radical (unpaired) electrons. The first-order valence-electron chi connectivity index (χ1n) is 4.00. The van der Waals surface area contributed by atoms with E-state index in [1.807, 2.05) is 0 Å². The van der Waals surface area contributed by atoms with E-state index < -0.39 is 35.9 Å². The van der Waals surface area contributed by atoms with E-state index in [9.17, 15) is 57.1 Å². The van der Waals surface area contributed by atoms with Gasteiger partial charge in [0, 0.05) is 0 Å². The molecule has 0 bridgehead atoms. The standard InChI is InChI=1S/C6H2F13N/c7-1(8,3(11,12)5(14,15)16)2(9,10)4(13,20)6(17,18)19/h20H2. The average molecular weight is 335 g/mol. The topological polar surface area (TPSA) is 26.0 Å². The first kappa shape index (κ1) is 19.1. The summed E-state index contributed by atoms with van der Waals surface area (Å²) in [6.07, 6.45) is -14.4. The second kappa shape index (κ2) is 4.27. The van der Waals surface area contributed by atoms with E-state index in [1.165, 1.54) is 0 Å². The van der Waals surface area contributed by atoms with E-state index in [4.69, 9.17) is 0 Å². The first-order valence-corrected chi connectivity index (χ1v) is 4.00. The van der Waals surface area contributed by atoms with Crippen molar-refractivity contribution < 1.29 is 57.1 Å². The Balaban J connectivity index is 6.08. The van der Waals surface area contributed by atoms with Gasteiger partial charge in [-0.05, 0) is 0 Å². The van der Waals surface area contributed by atoms with Gasteiger partial charge < -0.3 is 0 Å². The maximum absolute atomic E-state index is 12.6. The predicted molar refractivity (Wildman–Crippen MR) is 35.0 cm³/mol. The van der Waals surface area contributed by atoms with Crippen LogP contribution >= 0.6 is 0 Å². The van der Waals surface area contributed by atoms with Gasteiger partial charge in [-0.15, -0.1) is 0 Å². The SMILES string of the molecule is NC(F)(C(F)(F)F)C(F)(F)C(F)(F)C(F)(F)C(F)(F)F. The zero-order valence-corrected chi connectivity index (χ0v) is 8.49. The lowest BCUT2D eigenvalue weighted by Crippen LogP contribution is -2.74. The van der Waals surface area contributed by atoms with Crippen molar-refractivity contribution in [1.82, 2.24) is 0 Å². The Labute approximate surface area is 100 Å². The van der Waals surface area contributed by atoms with E-state index in [2.05, 4.69) is 5.73 Å². The van der Waals surface area contributed by atoms with Crippen molar-refractivity contribution in [2.75, 3.05) is 0 Å². The molecule has 2 N–H and O–H groups in total. The van der Waals surface area contributed by atoms with Crippen LogP contribution in [-0.4, -0.2) is 35.9 Å². The molecule has 14 heteroatoms. The number of hydrogen-bond acceptors (Lipinski definition) is 1. The molecule has 0 saturated heterocycles. The van der Waals surface area contributed by atoms with Gasteiger partial charge in [0.1, 0.15) is 0 Å². The van der Waals surface area contributed by atoms with E-state index in [1.54, 1.807) is 0 Å². The van der Waals surface area contributed by atoms with Crippen molar-refractivity contribution in [2.45, 2.75) is 35.9 Å². The summed E-state index contributed by atoms with van der Waals surface area (Å²) in [5, 5.41) is 0. The molecule has 1 nitrogen and oxygen atoms in total. The monoisotopic (exact) mass is 335 g/mol. The lowest BCUT2D eigenvalue weighted by molar-refractivity contribution is -0.431. The number of halogens is 13. The molecule has 0 amide bonds. The highest BCUT2D eigenvalue weighted by molar-refractivity contribution is 5.09. The summed E-state index contributed by atoms with van der Waals surface area (Å²) in [5.74, 6) is -29.9. The number of nitrogens with two attached hydrogens (primary N) is 1. The molecule has 0 rings (SSSR count).